The summed E-state index contributed by atoms with van der Waals surface area (Å²) in [5.74, 6) is -0.456. The fraction of sp³-hybridized carbons (Fsp3) is 0.959. The molecule has 3 atom stereocenters. The van der Waals surface area contributed by atoms with Crippen molar-refractivity contribution >= 4 is 11.9 Å². The number of rotatable bonds is 45. The van der Waals surface area contributed by atoms with Gasteiger partial charge in [0, 0.05) is 6.42 Å². The quantitative estimate of drug-likeness (QED) is 0.0422. The molecule has 0 aliphatic carbocycles. The number of hydrogen-bond acceptors (Lipinski definition) is 5. The Balaban J connectivity index is 4.48. The maximum Gasteiger partial charge on any atom is 0.306 e. The second-order valence-corrected chi connectivity index (χ2v) is 17.2. The van der Waals surface area contributed by atoms with E-state index in [-0.39, 0.29) is 24.9 Å². The molecule has 3 N–H and O–H groups in total. The van der Waals surface area contributed by atoms with E-state index in [1.807, 2.05) is 0 Å². The number of unbranched alkanes of at least 4 members (excludes halogenated alkanes) is 33. The van der Waals surface area contributed by atoms with E-state index >= 15 is 0 Å². The van der Waals surface area contributed by atoms with E-state index in [4.69, 9.17) is 4.74 Å². The van der Waals surface area contributed by atoms with Crippen molar-refractivity contribution in [3.8, 4) is 0 Å². The van der Waals surface area contributed by atoms with Gasteiger partial charge in [-0.25, -0.2) is 0 Å². The van der Waals surface area contributed by atoms with Gasteiger partial charge in [-0.05, 0) is 25.7 Å². The van der Waals surface area contributed by atoms with E-state index in [1.165, 1.54) is 186 Å². The summed E-state index contributed by atoms with van der Waals surface area (Å²) in [5.41, 5.74) is 0. The molecule has 0 aromatic rings. The van der Waals surface area contributed by atoms with E-state index in [2.05, 4.69) is 26.1 Å². The SMILES string of the molecule is CCCCCCCCCCCCCCCCC(O)C(CO)NC(=O)CC(CCCCCCCCCCCCC)OC(=O)CCCCCCCCCCCCC. The van der Waals surface area contributed by atoms with Gasteiger partial charge in [-0.2, -0.15) is 0 Å². The Morgan fingerprint density at radius 2 is 0.764 bits per heavy atom. The predicted octanol–water partition coefficient (Wildman–Crippen LogP) is 14.4. The topological polar surface area (TPSA) is 95.9 Å². The van der Waals surface area contributed by atoms with Gasteiger partial charge >= 0.3 is 5.97 Å². The first kappa shape index (κ1) is 53.9. The molecule has 6 nitrogen and oxygen atoms in total. The lowest BCUT2D eigenvalue weighted by molar-refractivity contribution is -0.151. The van der Waals surface area contributed by atoms with E-state index in [0.29, 0.717) is 19.3 Å². The van der Waals surface area contributed by atoms with Gasteiger partial charge in [0.2, 0.25) is 5.91 Å². The van der Waals surface area contributed by atoms with E-state index in [1.54, 1.807) is 0 Å². The summed E-state index contributed by atoms with van der Waals surface area (Å²) in [5, 5.41) is 23.7. The maximum absolute atomic E-state index is 13.1. The van der Waals surface area contributed by atoms with Crippen LogP contribution < -0.4 is 5.32 Å². The third-order valence-corrected chi connectivity index (χ3v) is 11.7. The van der Waals surface area contributed by atoms with Gasteiger partial charge in [0.25, 0.3) is 0 Å². The number of aliphatic hydroxyl groups is 2. The van der Waals surface area contributed by atoms with Gasteiger partial charge in [-0.3, -0.25) is 9.59 Å². The zero-order valence-electron chi connectivity index (χ0n) is 37.3. The Hall–Kier alpha value is -1.14. The number of amides is 1. The predicted molar refractivity (Wildman–Crippen MR) is 237 cm³/mol. The van der Waals surface area contributed by atoms with Crippen LogP contribution in [0.5, 0.6) is 0 Å². The molecule has 0 spiro atoms. The van der Waals surface area contributed by atoms with Crippen LogP contribution in [0, 0.1) is 0 Å². The van der Waals surface area contributed by atoms with Gasteiger partial charge in [0.1, 0.15) is 6.10 Å². The third kappa shape index (κ3) is 39.5. The summed E-state index contributed by atoms with van der Waals surface area (Å²) in [6, 6.07) is -0.691. The Morgan fingerprint density at radius 3 is 1.11 bits per heavy atom. The van der Waals surface area contributed by atoms with Gasteiger partial charge < -0.3 is 20.3 Å². The van der Waals surface area contributed by atoms with Crippen LogP contribution in [0.1, 0.15) is 278 Å². The molecule has 0 rings (SSSR count). The van der Waals surface area contributed by atoms with Crippen LogP contribution >= 0.6 is 0 Å². The van der Waals surface area contributed by atoms with Crippen molar-refractivity contribution in [3.63, 3.8) is 0 Å². The molecule has 0 bridgehead atoms. The molecule has 0 saturated heterocycles. The average molecular weight is 780 g/mol. The fourth-order valence-electron chi connectivity index (χ4n) is 7.90. The molecule has 328 valence electrons. The highest BCUT2D eigenvalue weighted by Gasteiger charge is 2.24. The fourth-order valence-corrected chi connectivity index (χ4v) is 7.90. The Morgan fingerprint density at radius 1 is 0.455 bits per heavy atom. The van der Waals surface area contributed by atoms with Crippen molar-refractivity contribution in [2.24, 2.45) is 0 Å². The molecule has 0 aliphatic heterocycles. The largest absolute Gasteiger partial charge is 0.462 e. The molecular weight excluding hydrogens is 683 g/mol. The lowest BCUT2D eigenvalue weighted by Gasteiger charge is -2.24. The minimum Gasteiger partial charge on any atom is -0.462 e. The molecule has 55 heavy (non-hydrogen) atoms. The Labute approximate surface area is 343 Å². The van der Waals surface area contributed by atoms with Gasteiger partial charge in [-0.15, -0.1) is 0 Å². The smallest absolute Gasteiger partial charge is 0.306 e. The van der Waals surface area contributed by atoms with Crippen LogP contribution in [0.4, 0.5) is 0 Å². The average Bonchev–Trinajstić information content (AvgIpc) is 3.18. The number of esters is 1. The highest BCUT2D eigenvalue weighted by atomic mass is 16.5. The maximum atomic E-state index is 13.1. The van der Waals surface area contributed by atoms with Crippen molar-refractivity contribution in [1.82, 2.24) is 5.32 Å². The number of ether oxygens (including phenoxy) is 1. The highest BCUT2D eigenvalue weighted by molar-refractivity contribution is 5.77. The van der Waals surface area contributed by atoms with Gasteiger partial charge in [-0.1, -0.05) is 239 Å². The molecule has 0 aromatic heterocycles. The number of nitrogens with one attached hydrogen (secondary N) is 1. The van der Waals surface area contributed by atoms with Crippen LogP contribution in [0.2, 0.25) is 0 Å². The van der Waals surface area contributed by atoms with Crippen LogP contribution in [0.15, 0.2) is 0 Å². The van der Waals surface area contributed by atoms with Crippen molar-refractivity contribution in [3.05, 3.63) is 0 Å². The molecule has 1 amide bonds. The molecule has 6 heteroatoms. The lowest BCUT2D eigenvalue weighted by atomic mass is 10.0. The first-order valence-electron chi connectivity index (χ1n) is 24.8. The number of carbonyl (C=O) groups excluding carboxylic acids is 2. The third-order valence-electron chi connectivity index (χ3n) is 11.7. The normalized spacial score (nSPS) is 13.2. The second kappa shape index (κ2) is 44.0. The number of carbonyl (C=O) groups is 2. The molecule has 0 heterocycles. The van der Waals surface area contributed by atoms with E-state index < -0.39 is 18.2 Å². The molecule has 0 fully saturated rings. The summed E-state index contributed by atoms with van der Waals surface area (Å²) in [6.07, 6.45) is 45.9. The summed E-state index contributed by atoms with van der Waals surface area (Å²) >= 11 is 0. The molecule has 3 unspecified atom stereocenters. The molecule has 0 saturated carbocycles. The van der Waals surface area contributed by atoms with Crippen LogP contribution in [-0.2, 0) is 14.3 Å². The molecule has 0 aliphatic rings. The van der Waals surface area contributed by atoms with Crippen LogP contribution in [-0.4, -0.2) is 46.9 Å². The van der Waals surface area contributed by atoms with Crippen LogP contribution in [0.3, 0.4) is 0 Å². The van der Waals surface area contributed by atoms with Gasteiger partial charge in [0.05, 0.1) is 25.2 Å². The van der Waals surface area contributed by atoms with Crippen LogP contribution in [0.25, 0.3) is 0 Å². The standard InChI is InChI=1S/C49H97NO5/c1-4-7-10-13-16-19-22-23-24-27-29-32-35-38-41-47(52)46(44-51)50-48(53)43-45(40-37-34-31-28-25-20-17-14-11-8-5-2)55-49(54)42-39-36-33-30-26-21-18-15-12-9-6-3/h45-47,51-52H,4-44H2,1-3H3,(H,50,53). The Bertz CT molecular complexity index is 791. The summed E-state index contributed by atoms with van der Waals surface area (Å²) in [7, 11) is 0. The Kier molecular flexibility index (Phi) is 43.1. The zero-order chi connectivity index (χ0) is 40.3. The van der Waals surface area contributed by atoms with E-state index in [0.717, 1.165) is 44.9 Å². The monoisotopic (exact) mass is 780 g/mol. The minimum absolute atomic E-state index is 0.0871. The van der Waals surface area contributed by atoms with Crippen molar-refractivity contribution < 1.29 is 24.5 Å². The van der Waals surface area contributed by atoms with E-state index in [9.17, 15) is 19.8 Å². The zero-order valence-corrected chi connectivity index (χ0v) is 37.3. The number of hydrogen-bond donors (Lipinski definition) is 3. The molecule has 0 aromatic carbocycles. The number of aliphatic hydroxyl groups excluding tert-OH is 2. The summed E-state index contributed by atoms with van der Waals surface area (Å²) in [6.45, 7) is 6.49. The van der Waals surface area contributed by atoms with Crippen molar-refractivity contribution in [2.45, 2.75) is 296 Å². The first-order chi connectivity index (χ1) is 27.0. The summed E-state index contributed by atoms with van der Waals surface area (Å²) in [4.78, 5) is 26.0. The minimum atomic E-state index is -0.778. The van der Waals surface area contributed by atoms with Crippen molar-refractivity contribution in [2.75, 3.05) is 6.61 Å². The second-order valence-electron chi connectivity index (χ2n) is 17.2. The first-order valence-corrected chi connectivity index (χ1v) is 24.8. The summed E-state index contributed by atoms with van der Waals surface area (Å²) < 4.78 is 5.91. The lowest BCUT2D eigenvalue weighted by Crippen LogP contribution is -2.46. The molecule has 0 radical (unpaired) electrons. The van der Waals surface area contributed by atoms with Gasteiger partial charge in [0.15, 0.2) is 0 Å². The highest BCUT2D eigenvalue weighted by Crippen LogP contribution is 2.18. The van der Waals surface area contributed by atoms with Crippen molar-refractivity contribution in [1.29, 1.82) is 0 Å². The molecular formula is C49H97NO5.